The van der Waals surface area contributed by atoms with Gasteiger partial charge in [-0.3, -0.25) is 9.59 Å². The van der Waals surface area contributed by atoms with E-state index in [0.717, 1.165) is 14.7 Å². The van der Waals surface area contributed by atoms with Crippen LogP contribution in [0.1, 0.15) is 24.0 Å². The van der Waals surface area contributed by atoms with Crippen molar-refractivity contribution in [1.82, 2.24) is 10.7 Å². The number of rotatable bonds is 7. The molecule has 0 fully saturated rings. The fourth-order valence-corrected chi connectivity index (χ4v) is 2.26. The van der Waals surface area contributed by atoms with E-state index in [-0.39, 0.29) is 24.7 Å². The minimum absolute atomic E-state index is 0.102. The van der Waals surface area contributed by atoms with Crippen molar-refractivity contribution in [3.63, 3.8) is 0 Å². The lowest BCUT2D eigenvalue weighted by Gasteiger charge is -2.04. The van der Waals surface area contributed by atoms with Gasteiger partial charge in [0.15, 0.2) is 0 Å². The Labute approximate surface area is 154 Å². The third-order valence-electron chi connectivity index (χ3n) is 3.18. The molecule has 0 unspecified atom stereocenters. The third-order valence-corrected chi connectivity index (χ3v) is 3.90. The zero-order chi connectivity index (χ0) is 17.2. The number of halogens is 1. The minimum atomic E-state index is -0.286. The summed E-state index contributed by atoms with van der Waals surface area (Å²) in [4.78, 5) is 23.4. The van der Waals surface area contributed by atoms with Gasteiger partial charge in [0.25, 0.3) is 0 Å². The van der Waals surface area contributed by atoms with Crippen LogP contribution in [0, 0.1) is 3.57 Å². The van der Waals surface area contributed by atoms with Crippen molar-refractivity contribution in [2.75, 3.05) is 0 Å². The smallest absolute Gasteiger partial charge is 0.240 e. The second kappa shape index (κ2) is 9.82. The first-order chi connectivity index (χ1) is 11.6. The molecule has 24 heavy (non-hydrogen) atoms. The Bertz CT molecular complexity index is 700. The van der Waals surface area contributed by atoms with E-state index >= 15 is 0 Å². The quantitative estimate of drug-likeness (QED) is 0.399. The number of carbonyl (C=O) groups is 2. The van der Waals surface area contributed by atoms with E-state index in [0.29, 0.717) is 6.54 Å². The predicted octanol–water partition coefficient (Wildman–Crippen LogP) is 2.84. The summed E-state index contributed by atoms with van der Waals surface area (Å²) in [6.07, 6.45) is 1.81. The van der Waals surface area contributed by atoms with Crippen molar-refractivity contribution in [1.29, 1.82) is 0 Å². The van der Waals surface area contributed by atoms with Gasteiger partial charge in [-0.15, -0.1) is 0 Å². The molecule has 0 aromatic heterocycles. The van der Waals surface area contributed by atoms with Crippen LogP contribution < -0.4 is 10.7 Å². The Morgan fingerprint density at radius 3 is 2.33 bits per heavy atom. The van der Waals surface area contributed by atoms with Gasteiger partial charge in [0, 0.05) is 23.0 Å². The number of nitrogens with one attached hydrogen (secondary N) is 2. The van der Waals surface area contributed by atoms with Crippen LogP contribution in [0.4, 0.5) is 0 Å². The highest BCUT2D eigenvalue weighted by atomic mass is 127. The summed E-state index contributed by atoms with van der Waals surface area (Å²) in [5.74, 6) is -0.442. The Kier molecular flexibility index (Phi) is 7.41. The van der Waals surface area contributed by atoms with Gasteiger partial charge < -0.3 is 5.32 Å². The fraction of sp³-hybridized carbons (Fsp3) is 0.167. The molecule has 5 nitrogen and oxygen atoms in total. The van der Waals surface area contributed by atoms with Crippen molar-refractivity contribution in [3.05, 3.63) is 69.3 Å². The zero-order valence-corrected chi connectivity index (χ0v) is 15.2. The lowest BCUT2D eigenvalue weighted by Crippen LogP contribution is -2.25. The molecule has 2 aromatic carbocycles. The summed E-state index contributed by atoms with van der Waals surface area (Å²) in [5.41, 5.74) is 4.35. The molecule has 0 aliphatic carbocycles. The van der Waals surface area contributed by atoms with Crippen LogP contribution in [-0.4, -0.2) is 18.0 Å². The first kappa shape index (κ1) is 18.1. The van der Waals surface area contributed by atoms with E-state index in [1.165, 1.54) is 0 Å². The molecule has 2 amide bonds. The van der Waals surface area contributed by atoms with E-state index in [1.807, 2.05) is 54.6 Å². The van der Waals surface area contributed by atoms with Crippen LogP contribution in [-0.2, 0) is 16.1 Å². The number of hydrazone groups is 1. The second-order valence-corrected chi connectivity index (χ2v) is 6.35. The molecule has 0 radical (unpaired) electrons. The summed E-state index contributed by atoms with van der Waals surface area (Å²) >= 11 is 2.22. The Hall–Kier alpha value is -2.22. The average Bonchev–Trinajstić information content (AvgIpc) is 2.61. The van der Waals surface area contributed by atoms with Crippen LogP contribution in [0.3, 0.4) is 0 Å². The molecular formula is C18H18IN3O2. The molecule has 124 valence electrons. The maximum Gasteiger partial charge on any atom is 0.240 e. The standard InChI is InChI=1S/C18H18IN3O2/c19-16-8-6-15(7-9-16)13-21-22-18(24)11-10-17(23)20-12-14-4-2-1-3-5-14/h1-9,13H,10-12H2,(H,20,23)(H,22,24). The van der Waals surface area contributed by atoms with Crippen LogP contribution in [0.25, 0.3) is 0 Å². The average molecular weight is 435 g/mol. The topological polar surface area (TPSA) is 70.6 Å². The molecule has 0 saturated heterocycles. The number of amides is 2. The molecule has 2 rings (SSSR count). The van der Waals surface area contributed by atoms with Gasteiger partial charge in [-0.1, -0.05) is 42.5 Å². The van der Waals surface area contributed by atoms with Crippen molar-refractivity contribution in [3.8, 4) is 0 Å². The van der Waals surface area contributed by atoms with Crippen molar-refractivity contribution in [2.24, 2.45) is 5.10 Å². The first-order valence-electron chi connectivity index (χ1n) is 7.51. The maximum absolute atomic E-state index is 11.7. The Morgan fingerprint density at radius 2 is 1.62 bits per heavy atom. The molecule has 0 aliphatic rings. The van der Waals surface area contributed by atoms with Gasteiger partial charge in [-0.05, 0) is 45.9 Å². The van der Waals surface area contributed by atoms with E-state index in [1.54, 1.807) is 6.21 Å². The van der Waals surface area contributed by atoms with Gasteiger partial charge in [-0.2, -0.15) is 5.10 Å². The van der Waals surface area contributed by atoms with Gasteiger partial charge in [0.1, 0.15) is 0 Å². The molecule has 0 heterocycles. The van der Waals surface area contributed by atoms with E-state index in [9.17, 15) is 9.59 Å². The molecule has 0 bridgehead atoms. The minimum Gasteiger partial charge on any atom is -0.352 e. The van der Waals surface area contributed by atoms with Crippen molar-refractivity contribution in [2.45, 2.75) is 19.4 Å². The number of carbonyl (C=O) groups excluding carboxylic acids is 2. The molecule has 2 N–H and O–H groups in total. The van der Waals surface area contributed by atoms with Gasteiger partial charge in [0.2, 0.25) is 11.8 Å². The highest BCUT2D eigenvalue weighted by molar-refractivity contribution is 14.1. The number of hydrogen-bond donors (Lipinski definition) is 2. The molecule has 0 atom stereocenters. The van der Waals surface area contributed by atoms with Gasteiger partial charge in [0.05, 0.1) is 6.21 Å². The van der Waals surface area contributed by atoms with E-state index in [2.05, 4.69) is 38.4 Å². The summed E-state index contributed by atoms with van der Waals surface area (Å²) in [5, 5.41) is 6.67. The molecule has 0 saturated carbocycles. The lowest BCUT2D eigenvalue weighted by atomic mass is 10.2. The summed E-state index contributed by atoms with van der Waals surface area (Å²) in [6, 6.07) is 17.4. The highest BCUT2D eigenvalue weighted by Gasteiger charge is 2.05. The predicted molar refractivity (Wildman–Crippen MR) is 102 cm³/mol. The number of hydrogen-bond acceptors (Lipinski definition) is 3. The first-order valence-corrected chi connectivity index (χ1v) is 8.59. The van der Waals surface area contributed by atoms with Crippen LogP contribution in [0.15, 0.2) is 59.7 Å². The monoisotopic (exact) mass is 435 g/mol. The van der Waals surface area contributed by atoms with Crippen LogP contribution in [0.5, 0.6) is 0 Å². The molecular weight excluding hydrogens is 417 g/mol. The lowest BCUT2D eigenvalue weighted by molar-refractivity contribution is -0.126. The Balaban J connectivity index is 1.65. The second-order valence-electron chi connectivity index (χ2n) is 5.11. The summed E-state index contributed by atoms with van der Waals surface area (Å²) in [6.45, 7) is 0.465. The van der Waals surface area contributed by atoms with E-state index in [4.69, 9.17) is 0 Å². The highest BCUT2D eigenvalue weighted by Crippen LogP contribution is 2.04. The van der Waals surface area contributed by atoms with Gasteiger partial charge >= 0.3 is 0 Å². The molecule has 2 aromatic rings. The molecule has 6 heteroatoms. The summed E-state index contributed by atoms with van der Waals surface area (Å²) in [7, 11) is 0. The van der Waals surface area contributed by atoms with Gasteiger partial charge in [-0.25, -0.2) is 5.43 Å². The van der Waals surface area contributed by atoms with E-state index < -0.39 is 0 Å². The molecule has 0 spiro atoms. The normalized spacial score (nSPS) is 10.5. The Morgan fingerprint density at radius 1 is 0.958 bits per heavy atom. The van der Waals surface area contributed by atoms with Crippen molar-refractivity contribution >= 4 is 40.6 Å². The third kappa shape index (κ3) is 6.91. The maximum atomic E-state index is 11.7. The fourth-order valence-electron chi connectivity index (χ4n) is 1.90. The molecule has 0 aliphatic heterocycles. The number of benzene rings is 2. The van der Waals surface area contributed by atoms with Crippen LogP contribution in [0.2, 0.25) is 0 Å². The summed E-state index contributed by atoms with van der Waals surface area (Å²) < 4.78 is 1.13. The largest absolute Gasteiger partial charge is 0.352 e. The van der Waals surface area contributed by atoms with Crippen molar-refractivity contribution < 1.29 is 9.59 Å². The zero-order valence-electron chi connectivity index (χ0n) is 13.0. The SMILES string of the molecule is O=C(CCC(=O)NN=Cc1ccc(I)cc1)NCc1ccccc1. The number of nitrogens with zero attached hydrogens (tertiary/aromatic N) is 1. The van der Waals surface area contributed by atoms with Crippen LogP contribution >= 0.6 is 22.6 Å².